The van der Waals surface area contributed by atoms with Gasteiger partial charge in [0, 0.05) is 44.7 Å². The highest BCUT2D eigenvalue weighted by Gasteiger charge is 2.20. The van der Waals surface area contributed by atoms with Gasteiger partial charge >= 0.3 is 0 Å². The molecular formula is C25H31N7O2. The van der Waals surface area contributed by atoms with Crippen LogP contribution >= 0.6 is 0 Å². The number of nitrogens with two attached hydrogens (primary N) is 1. The number of aryl methyl sites for hydroxylation is 1. The summed E-state index contributed by atoms with van der Waals surface area (Å²) in [5.74, 6) is 1.44. The Bertz CT molecular complexity index is 1200. The third-order valence-electron chi connectivity index (χ3n) is 6.72. The molecule has 2 aliphatic heterocycles. The minimum absolute atomic E-state index is 0.0307. The summed E-state index contributed by atoms with van der Waals surface area (Å²) in [4.78, 5) is 24.7. The van der Waals surface area contributed by atoms with E-state index in [2.05, 4.69) is 27.5 Å². The van der Waals surface area contributed by atoms with E-state index in [0.29, 0.717) is 5.82 Å². The molecular weight excluding hydrogens is 430 g/mol. The fraction of sp³-hybridized carbons (Fsp3) is 0.440. The van der Waals surface area contributed by atoms with Crippen molar-refractivity contribution in [3.63, 3.8) is 0 Å². The van der Waals surface area contributed by atoms with E-state index < -0.39 is 0 Å². The van der Waals surface area contributed by atoms with Crippen LogP contribution in [0.3, 0.4) is 0 Å². The van der Waals surface area contributed by atoms with Crippen molar-refractivity contribution < 1.29 is 9.53 Å². The van der Waals surface area contributed by atoms with Crippen molar-refractivity contribution in [1.82, 2.24) is 29.5 Å². The molecule has 0 unspecified atom stereocenters. The summed E-state index contributed by atoms with van der Waals surface area (Å²) in [6.45, 7) is 9.54. The second kappa shape index (κ2) is 9.80. The van der Waals surface area contributed by atoms with Gasteiger partial charge in [-0.15, -0.1) is 0 Å². The Morgan fingerprint density at radius 2 is 1.94 bits per heavy atom. The van der Waals surface area contributed by atoms with E-state index in [0.717, 1.165) is 99.6 Å². The summed E-state index contributed by atoms with van der Waals surface area (Å²) >= 11 is 0. The van der Waals surface area contributed by atoms with Crippen molar-refractivity contribution in [2.24, 2.45) is 0 Å². The Kier molecular flexibility index (Phi) is 6.44. The van der Waals surface area contributed by atoms with Crippen LogP contribution in [0.5, 0.6) is 5.75 Å². The molecule has 9 heteroatoms. The molecule has 9 nitrogen and oxygen atoms in total. The molecule has 34 heavy (non-hydrogen) atoms. The Hall–Kier alpha value is -3.46. The van der Waals surface area contributed by atoms with Crippen LogP contribution in [-0.4, -0.2) is 74.8 Å². The molecule has 1 amide bonds. The molecule has 0 aliphatic carbocycles. The van der Waals surface area contributed by atoms with Crippen LogP contribution in [0.2, 0.25) is 0 Å². The van der Waals surface area contributed by atoms with Gasteiger partial charge in [-0.25, -0.2) is 14.6 Å². The van der Waals surface area contributed by atoms with E-state index in [-0.39, 0.29) is 5.91 Å². The zero-order valence-electron chi connectivity index (χ0n) is 19.4. The minimum atomic E-state index is 0.0307. The Morgan fingerprint density at radius 1 is 1.12 bits per heavy atom. The number of aromatic nitrogens is 4. The lowest BCUT2D eigenvalue weighted by molar-refractivity contribution is -0.127. The fourth-order valence-electron chi connectivity index (χ4n) is 4.82. The smallest absolute Gasteiger partial charge is 0.246 e. The first-order chi connectivity index (χ1) is 16.6. The Balaban J connectivity index is 1.20. The maximum absolute atomic E-state index is 11.7. The number of piperazine rings is 1. The average molecular weight is 462 g/mol. The topological polar surface area (TPSA) is 102 Å². The number of hydrogen-bond donors (Lipinski definition) is 1. The molecule has 0 spiro atoms. The summed E-state index contributed by atoms with van der Waals surface area (Å²) < 4.78 is 7.61. The number of rotatable bonds is 8. The van der Waals surface area contributed by atoms with Crippen molar-refractivity contribution in [2.45, 2.75) is 32.2 Å². The van der Waals surface area contributed by atoms with Crippen LogP contribution in [-0.2, 0) is 17.8 Å². The molecule has 2 N–H and O–H groups in total. The standard InChI is InChI=1S/C25H31N7O2/c1-2-21(33)31-13-11-30(12-14-31)9-4-3-5-10-32-25-22(24(26)27-17-28-25)23(29-32)19-6-7-20-18(16-19)8-15-34-20/h2,6-7,16-17H,1,3-5,8-15H2,(H2,26,27,28). The average Bonchev–Trinajstić information content (AvgIpc) is 3.49. The lowest BCUT2D eigenvalue weighted by atomic mass is 10.0. The molecule has 1 fully saturated rings. The summed E-state index contributed by atoms with van der Waals surface area (Å²) in [6.07, 6.45) is 7.04. The van der Waals surface area contributed by atoms with Gasteiger partial charge < -0.3 is 15.4 Å². The van der Waals surface area contributed by atoms with Gasteiger partial charge in [-0.05, 0) is 49.2 Å². The largest absolute Gasteiger partial charge is 0.493 e. The van der Waals surface area contributed by atoms with E-state index in [4.69, 9.17) is 15.6 Å². The van der Waals surface area contributed by atoms with Crippen LogP contribution in [0.4, 0.5) is 5.82 Å². The predicted molar refractivity (Wildman–Crippen MR) is 131 cm³/mol. The number of anilines is 1. The monoisotopic (exact) mass is 461 g/mol. The van der Waals surface area contributed by atoms with Crippen LogP contribution < -0.4 is 10.5 Å². The number of carbonyl (C=O) groups excluding carboxylic acids is 1. The highest BCUT2D eigenvalue weighted by atomic mass is 16.5. The van der Waals surface area contributed by atoms with Gasteiger partial charge in [0.1, 0.15) is 23.6 Å². The zero-order chi connectivity index (χ0) is 23.5. The fourth-order valence-corrected chi connectivity index (χ4v) is 4.82. The van der Waals surface area contributed by atoms with E-state index in [1.165, 1.54) is 18.0 Å². The van der Waals surface area contributed by atoms with Crippen molar-refractivity contribution >= 4 is 22.8 Å². The second-order valence-corrected chi connectivity index (χ2v) is 8.88. The van der Waals surface area contributed by atoms with Crippen LogP contribution in [0, 0.1) is 0 Å². The SMILES string of the molecule is C=CC(=O)N1CCN(CCCCCn2nc(-c3ccc4c(c3)CCO4)c3c(N)ncnc32)CC1. The van der Waals surface area contributed by atoms with E-state index in [1.807, 2.05) is 21.7 Å². The number of ether oxygens (including phenoxy) is 1. The lowest BCUT2D eigenvalue weighted by Crippen LogP contribution is -2.48. The molecule has 3 aromatic rings. The number of nitrogen functional groups attached to an aromatic ring is 1. The van der Waals surface area contributed by atoms with Crippen molar-refractivity contribution in [3.05, 3.63) is 42.7 Å². The number of carbonyl (C=O) groups is 1. The van der Waals surface area contributed by atoms with Gasteiger partial charge in [0.25, 0.3) is 0 Å². The predicted octanol–water partition coefficient (Wildman–Crippen LogP) is 2.51. The maximum Gasteiger partial charge on any atom is 0.246 e. The van der Waals surface area contributed by atoms with Crippen LogP contribution in [0.15, 0.2) is 37.2 Å². The van der Waals surface area contributed by atoms with Crippen molar-refractivity contribution in [1.29, 1.82) is 0 Å². The minimum Gasteiger partial charge on any atom is -0.493 e. The first kappa shape index (κ1) is 22.3. The molecule has 0 radical (unpaired) electrons. The first-order valence-electron chi connectivity index (χ1n) is 12.0. The summed E-state index contributed by atoms with van der Waals surface area (Å²) in [5.41, 5.74) is 10.1. The number of benzene rings is 1. The van der Waals surface area contributed by atoms with E-state index >= 15 is 0 Å². The van der Waals surface area contributed by atoms with Crippen molar-refractivity contribution in [2.75, 3.05) is 45.1 Å². The van der Waals surface area contributed by atoms with Gasteiger partial charge in [0.15, 0.2) is 5.65 Å². The van der Waals surface area contributed by atoms with Gasteiger partial charge in [0.2, 0.25) is 5.91 Å². The van der Waals surface area contributed by atoms with Crippen molar-refractivity contribution in [3.8, 4) is 17.0 Å². The number of hydrogen-bond acceptors (Lipinski definition) is 7. The molecule has 0 bridgehead atoms. The zero-order valence-corrected chi connectivity index (χ0v) is 19.4. The molecule has 178 valence electrons. The number of fused-ring (bicyclic) bond motifs is 2. The van der Waals surface area contributed by atoms with E-state index in [1.54, 1.807) is 0 Å². The lowest BCUT2D eigenvalue weighted by Gasteiger charge is -2.34. The van der Waals surface area contributed by atoms with Crippen LogP contribution in [0.25, 0.3) is 22.3 Å². The highest BCUT2D eigenvalue weighted by molar-refractivity contribution is 5.98. The number of nitrogens with zero attached hydrogens (tertiary/aromatic N) is 6. The molecule has 1 saturated heterocycles. The van der Waals surface area contributed by atoms with E-state index in [9.17, 15) is 4.79 Å². The maximum atomic E-state index is 11.7. The second-order valence-electron chi connectivity index (χ2n) is 8.88. The number of amides is 1. The summed E-state index contributed by atoms with van der Waals surface area (Å²) in [5, 5.41) is 5.72. The van der Waals surface area contributed by atoms with Gasteiger partial charge in [-0.3, -0.25) is 9.69 Å². The molecule has 2 aliphatic rings. The molecule has 2 aromatic heterocycles. The van der Waals surface area contributed by atoms with Crippen LogP contribution in [0.1, 0.15) is 24.8 Å². The molecule has 0 saturated carbocycles. The summed E-state index contributed by atoms with van der Waals surface area (Å²) in [6, 6.07) is 6.18. The first-order valence-corrected chi connectivity index (χ1v) is 12.0. The highest BCUT2D eigenvalue weighted by Crippen LogP contribution is 2.34. The summed E-state index contributed by atoms with van der Waals surface area (Å²) in [7, 11) is 0. The van der Waals surface area contributed by atoms with Gasteiger partial charge in [0.05, 0.1) is 12.0 Å². The molecule has 4 heterocycles. The third kappa shape index (κ3) is 4.48. The van der Waals surface area contributed by atoms with Gasteiger partial charge in [-0.1, -0.05) is 13.0 Å². The molecule has 5 rings (SSSR count). The molecule has 0 atom stereocenters. The Morgan fingerprint density at radius 3 is 2.76 bits per heavy atom. The quantitative estimate of drug-likeness (QED) is 0.406. The number of unbranched alkanes of at least 4 members (excludes halogenated alkanes) is 2. The normalized spacial score (nSPS) is 15.9. The third-order valence-corrected chi connectivity index (χ3v) is 6.72. The Labute approximate surface area is 199 Å². The van der Waals surface area contributed by atoms with Gasteiger partial charge in [-0.2, -0.15) is 5.10 Å². The molecule has 1 aromatic carbocycles.